The molecular formula is C16H22N6O. The van der Waals surface area contributed by atoms with E-state index in [0.717, 1.165) is 38.2 Å². The fourth-order valence-corrected chi connectivity index (χ4v) is 2.65. The Balaban J connectivity index is 1.73. The van der Waals surface area contributed by atoms with E-state index in [1.165, 1.54) is 0 Å². The summed E-state index contributed by atoms with van der Waals surface area (Å²) < 4.78 is 1.65. The molecule has 7 nitrogen and oxygen atoms in total. The molecule has 3 rings (SSSR count). The van der Waals surface area contributed by atoms with Gasteiger partial charge in [-0.1, -0.05) is 0 Å². The van der Waals surface area contributed by atoms with Crippen molar-refractivity contribution in [2.24, 2.45) is 0 Å². The summed E-state index contributed by atoms with van der Waals surface area (Å²) in [6.45, 7) is 5.42. The predicted octanol–water partition coefficient (Wildman–Crippen LogP) is 1.75. The van der Waals surface area contributed by atoms with Crippen LogP contribution in [0.3, 0.4) is 0 Å². The Morgan fingerprint density at radius 2 is 2.04 bits per heavy atom. The van der Waals surface area contributed by atoms with Crippen LogP contribution in [0.25, 0.3) is 5.82 Å². The number of hydrogen-bond acceptors (Lipinski definition) is 4. The standard InChI is InChI=1S/C16H22N6O/c1-13-4-6-17-15(12-13)22-14(5-7-18-22)19-16(23)21-9-3-8-20(2)10-11-21/h4-7,12H,3,8-11H2,1-2H3,(H,19,23). The largest absolute Gasteiger partial charge is 0.323 e. The molecule has 1 N–H and O–H groups in total. The topological polar surface area (TPSA) is 66.3 Å². The van der Waals surface area contributed by atoms with Gasteiger partial charge in [-0.15, -0.1) is 0 Å². The molecule has 1 aliphatic rings. The maximum absolute atomic E-state index is 12.5. The molecule has 0 aromatic carbocycles. The summed E-state index contributed by atoms with van der Waals surface area (Å²) in [6, 6.07) is 5.56. The first kappa shape index (κ1) is 15.5. The second kappa shape index (κ2) is 6.78. The highest BCUT2D eigenvalue weighted by molar-refractivity contribution is 5.88. The molecule has 0 radical (unpaired) electrons. The molecule has 7 heteroatoms. The lowest BCUT2D eigenvalue weighted by Gasteiger charge is -2.21. The quantitative estimate of drug-likeness (QED) is 0.917. The maximum Gasteiger partial charge on any atom is 0.323 e. The average molecular weight is 314 g/mol. The van der Waals surface area contributed by atoms with Crippen molar-refractivity contribution in [3.8, 4) is 5.82 Å². The lowest BCUT2D eigenvalue weighted by molar-refractivity contribution is 0.213. The molecular weight excluding hydrogens is 292 g/mol. The number of aryl methyl sites for hydroxylation is 1. The van der Waals surface area contributed by atoms with Gasteiger partial charge in [0.25, 0.3) is 0 Å². The number of amides is 2. The van der Waals surface area contributed by atoms with Gasteiger partial charge < -0.3 is 9.80 Å². The third-order valence-corrected chi connectivity index (χ3v) is 4.00. The predicted molar refractivity (Wildman–Crippen MR) is 88.8 cm³/mol. The van der Waals surface area contributed by atoms with Crippen LogP contribution in [0.2, 0.25) is 0 Å². The van der Waals surface area contributed by atoms with Gasteiger partial charge in [-0.3, -0.25) is 5.32 Å². The van der Waals surface area contributed by atoms with Crippen LogP contribution >= 0.6 is 0 Å². The molecule has 122 valence electrons. The van der Waals surface area contributed by atoms with Gasteiger partial charge in [0, 0.05) is 31.9 Å². The van der Waals surface area contributed by atoms with E-state index in [1.807, 2.05) is 24.0 Å². The van der Waals surface area contributed by atoms with Crippen molar-refractivity contribution in [2.45, 2.75) is 13.3 Å². The van der Waals surface area contributed by atoms with Gasteiger partial charge in [-0.25, -0.2) is 9.78 Å². The maximum atomic E-state index is 12.5. The number of likely N-dealkylation sites (N-methyl/N-ethyl adjacent to an activating group) is 1. The third kappa shape index (κ3) is 3.68. The summed E-state index contributed by atoms with van der Waals surface area (Å²) in [6.07, 6.45) is 4.39. The van der Waals surface area contributed by atoms with Crippen molar-refractivity contribution in [3.05, 3.63) is 36.2 Å². The summed E-state index contributed by atoms with van der Waals surface area (Å²) in [4.78, 5) is 20.9. The molecule has 23 heavy (non-hydrogen) atoms. The van der Waals surface area contributed by atoms with Crippen LogP contribution in [0.5, 0.6) is 0 Å². The molecule has 1 aliphatic heterocycles. The Labute approximate surface area is 135 Å². The van der Waals surface area contributed by atoms with Crippen LogP contribution in [0, 0.1) is 6.92 Å². The third-order valence-electron chi connectivity index (χ3n) is 4.00. The normalized spacial score (nSPS) is 16.2. The van der Waals surface area contributed by atoms with E-state index < -0.39 is 0 Å². The number of nitrogens with zero attached hydrogens (tertiary/aromatic N) is 5. The molecule has 1 fully saturated rings. The average Bonchev–Trinajstić information content (AvgIpc) is 2.87. The highest BCUT2D eigenvalue weighted by Crippen LogP contribution is 2.14. The van der Waals surface area contributed by atoms with Gasteiger partial charge in [0.05, 0.1) is 6.20 Å². The summed E-state index contributed by atoms with van der Waals surface area (Å²) in [5.41, 5.74) is 1.10. The molecule has 2 aromatic heterocycles. The van der Waals surface area contributed by atoms with Crippen LogP contribution in [-0.2, 0) is 0 Å². The summed E-state index contributed by atoms with van der Waals surface area (Å²) in [7, 11) is 2.08. The van der Waals surface area contributed by atoms with Crippen molar-refractivity contribution >= 4 is 11.8 Å². The van der Waals surface area contributed by atoms with Crippen molar-refractivity contribution in [1.82, 2.24) is 24.6 Å². The number of anilines is 1. The number of urea groups is 1. The van der Waals surface area contributed by atoms with Gasteiger partial charge in [0.1, 0.15) is 5.82 Å². The van der Waals surface area contributed by atoms with Gasteiger partial charge in [-0.2, -0.15) is 9.78 Å². The molecule has 0 unspecified atom stereocenters. The fraction of sp³-hybridized carbons (Fsp3) is 0.438. The second-order valence-electron chi connectivity index (χ2n) is 5.89. The number of carbonyl (C=O) groups is 1. The van der Waals surface area contributed by atoms with Crippen molar-refractivity contribution < 1.29 is 4.79 Å². The first-order valence-electron chi connectivity index (χ1n) is 7.85. The van der Waals surface area contributed by atoms with E-state index in [2.05, 4.69) is 27.3 Å². The number of hydrogen-bond donors (Lipinski definition) is 1. The minimum atomic E-state index is -0.0882. The molecule has 0 saturated carbocycles. The number of pyridine rings is 1. The Morgan fingerprint density at radius 1 is 1.17 bits per heavy atom. The minimum absolute atomic E-state index is 0.0882. The summed E-state index contributed by atoms with van der Waals surface area (Å²) in [5.74, 6) is 1.33. The van der Waals surface area contributed by atoms with Gasteiger partial charge in [0.15, 0.2) is 5.82 Å². The number of rotatable bonds is 2. The molecule has 0 bridgehead atoms. The van der Waals surface area contributed by atoms with Gasteiger partial charge >= 0.3 is 6.03 Å². The van der Waals surface area contributed by atoms with Gasteiger partial charge in [0.2, 0.25) is 0 Å². The zero-order chi connectivity index (χ0) is 16.2. The Kier molecular flexibility index (Phi) is 4.57. The Hall–Kier alpha value is -2.41. The molecule has 1 saturated heterocycles. The van der Waals surface area contributed by atoms with Crippen LogP contribution in [-0.4, -0.2) is 63.8 Å². The van der Waals surface area contributed by atoms with Crippen LogP contribution < -0.4 is 5.32 Å². The Bertz CT molecular complexity index is 683. The number of carbonyl (C=O) groups excluding carboxylic acids is 1. The van der Waals surface area contributed by atoms with Crippen LogP contribution in [0.1, 0.15) is 12.0 Å². The van der Waals surface area contributed by atoms with Crippen molar-refractivity contribution in [1.29, 1.82) is 0 Å². The van der Waals surface area contributed by atoms with E-state index >= 15 is 0 Å². The summed E-state index contributed by atoms with van der Waals surface area (Å²) >= 11 is 0. The second-order valence-corrected chi connectivity index (χ2v) is 5.89. The SMILES string of the molecule is Cc1ccnc(-n2nccc2NC(=O)N2CCCN(C)CC2)c1. The van der Waals surface area contributed by atoms with Gasteiger partial charge in [-0.05, 0) is 44.6 Å². The van der Waals surface area contributed by atoms with E-state index in [1.54, 1.807) is 23.1 Å². The van der Waals surface area contributed by atoms with Crippen LogP contribution in [0.15, 0.2) is 30.6 Å². The van der Waals surface area contributed by atoms with E-state index in [0.29, 0.717) is 11.6 Å². The molecule has 0 atom stereocenters. The van der Waals surface area contributed by atoms with Crippen molar-refractivity contribution in [3.63, 3.8) is 0 Å². The minimum Gasteiger partial charge on any atom is -0.323 e. The number of aromatic nitrogens is 3. The van der Waals surface area contributed by atoms with E-state index in [-0.39, 0.29) is 6.03 Å². The zero-order valence-corrected chi connectivity index (χ0v) is 13.6. The Morgan fingerprint density at radius 3 is 2.87 bits per heavy atom. The summed E-state index contributed by atoms with van der Waals surface area (Å²) in [5, 5.41) is 7.22. The number of nitrogens with one attached hydrogen (secondary N) is 1. The molecule has 3 heterocycles. The lowest BCUT2D eigenvalue weighted by atomic mass is 10.3. The van der Waals surface area contributed by atoms with E-state index in [4.69, 9.17) is 0 Å². The molecule has 2 amide bonds. The van der Waals surface area contributed by atoms with E-state index in [9.17, 15) is 4.79 Å². The highest BCUT2D eigenvalue weighted by atomic mass is 16.2. The lowest BCUT2D eigenvalue weighted by Crippen LogP contribution is -2.38. The van der Waals surface area contributed by atoms with Crippen molar-refractivity contribution in [2.75, 3.05) is 38.5 Å². The first-order chi connectivity index (χ1) is 11.1. The molecule has 0 aliphatic carbocycles. The zero-order valence-electron chi connectivity index (χ0n) is 13.6. The smallest absolute Gasteiger partial charge is 0.323 e. The first-order valence-corrected chi connectivity index (χ1v) is 7.85. The van der Waals surface area contributed by atoms with Crippen LogP contribution in [0.4, 0.5) is 10.6 Å². The highest BCUT2D eigenvalue weighted by Gasteiger charge is 2.19. The molecule has 0 spiro atoms. The molecule has 2 aromatic rings. The monoisotopic (exact) mass is 314 g/mol. The fourth-order valence-electron chi connectivity index (χ4n) is 2.65.